The smallest absolute Gasteiger partial charge is 0.312 e. The van der Waals surface area contributed by atoms with Gasteiger partial charge in [-0.05, 0) is 78.9 Å². The number of nitriles is 1. The van der Waals surface area contributed by atoms with Crippen LogP contribution in [0.25, 0.3) is 0 Å². The summed E-state index contributed by atoms with van der Waals surface area (Å²) in [4.78, 5) is 26.6. The number of hydrogen-bond donors (Lipinski definition) is 1. The lowest BCUT2D eigenvalue weighted by molar-refractivity contribution is -0.203. The van der Waals surface area contributed by atoms with Crippen molar-refractivity contribution in [2.24, 2.45) is 50.2 Å². The molecule has 0 aromatic carbocycles. The molecule has 0 aromatic rings. The Bertz CT molecular complexity index is 1160. The van der Waals surface area contributed by atoms with Gasteiger partial charge >= 0.3 is 5.97 Å². The van der Waals surface area contributed by atoms with Gasteiger partial charge < -0.3 is 9.84 Å². The molecule has 5 heteroatoms. The average Bonchev–Trinajstić information content (AvgIpc) is 2.82. The number of hydrogen-bond acceptors (Lipinski definition) is 5. The van der Waals surface area contributed by atoms with E-state index >= 15 is 0 Å². The molecule has 0 spiro atoms. The van der Waals surface area contributed by atoms with Crippen LogP contribution in [0.5, 0.6) is 0 Å². The van der Waals surface area contributed by atoms with Gasteiger partial charge in [-0.15, -0.1) is 0 Å². The predicted octanol–water partition coefficient (Wildman–Crippen LogP) is 6.17. The van der Waals surface area contributed by atoms with E-state index in [0.717, 1.165) is 44.9 Å². The van der Waals surface area contributed by atoms with Crippen molar-refractivity contribution in [1.82, 2.24) is 0 Å². The SMILES string of the molecule is COC(=O)C12CCC(C)(C)CC1C1C(O)C=C3C4(C)C=C(C#N)C(=O)C(C)(C)C4CCC3(C)C1(C)CC2. The molecule has 0 amide bonds. The van der Waals surface area contributed by atoms with Crippen LogP contribution in [-0.2, 0) is 14.3 Å². The summed E-state index contributed by atoms with van der Waals surface area (Å²) in [6, 6.07) is 2.19. The molecule has 8 unspecified atom stereocenters. The Balaban J connectivity index is 1.70. The molecule has 0 saturated heterocycles. The van der Waals surface area contributed by atoms with Crippen LogP contribution in [0.3, 0.4) is 0 Å². The molecule has 5 aliphatic rings. The topological polar surface area (TPSA) is 87.4 Å². The third-order valence-electron chi connectivity index (χ3n) is 12.6. The molecule has 0 bridgehead atoms. The number of carbonyl (C=O) groups is 2. The van der Waals surface area contributed by atoms with Gasteiger partial charge in [0.2, 0.25) is 0 Å². The maximum Gasteiger partial charge on any atom is 0.312 e. The lowest BCUT2D eigenvalue weighted by Gasteiger charge is -2.70. The van der Waals surface area contributed by atoms with E-state index in [0.29, 0.717) is 0 Å². The number of rotatable bonds is 1. The van der Waals surface area contributed by atoms with Crippen LogP contribution >= 0.6 is 0 Å². The summed E-state index contributed by atoms with van der Waals surface area (Å²) in [5.41, 5.74) is -0.536. The van der Waals surface area contributed by atoms with Crippen molar-refractivity contribution in [2.45, 2.75) is 99.5 Å². The summed E-state index contributed by atoms with van der Waals surface area (Å²) >= 11 is 0. The van der Waals surface area contributed by atoms with Gasteiger partial charge in [-0.1, -0.05) is 66.2 Å². The van der Waals surface area contributed by atoms with Gasteiger partial charge in [-0.3, -0.25) is 9.59 Å². The number of esters is 1. The molecule has 1 N–H and O–H groups in total. The normalized spacial score (nSPS) is 47.6. The van der Waals surface area contributed by atoms with Crippen LogP contribution in [0.2, 0.25) is 0 Å². The van der Waals surface area contributed by atoms with Gasteiger partial charge in [0, 0.05) is 10.8 Å². The van der Waals surface area contributed by atoms with Gasteiger partial charge in [0.1, 0.15) is 6.07 Å². The van der Waals surface area contributed by atoms with E-state index in [2.05, 4.69) is 46.8 Å². The van der Waals surface area contributed by atoms with E-state index in [1.54, 1.807) is 0 Å². The Kier molecular flexibility index (Phi) is 5.63. The number of carbonyl (C=O) groups excluding carboxylic acids is 2. The van der Waals surface area contributed by atoms with Gasteiger partial charge in [0.25, 0.3) is 0 Å². The van der Waals surface area contributed by atoms with Crippen molar-refractivity contribution in [3.8, 4) is 6.07 Å². The molecule has 0 radical (unpaired) electrons. The Morgan fingerprint density at radius 3 is 2.32 bits per heavy atom. The molecule has 37 heavy (non-hydrogen) atoms. The highest BCUT2D eigenvalue weighted by atomic mass is 16.5. The first-order chi connectivity index (χ1) is 17.0. The number of aliphatic hydroxyl groups is 1. The predicted molar refractivity (Wildman–Crippen MR) is 142 cm³/mol. The zero-order valence-electron chi connectivity index (χ0n) is 24.0. The number of allylic oxidation sites excluding steroid dienone is 3. The van der Waals surface area contributed by atoms with E-state index in [1.807, 2.05) is 19.9 Å². The first-order valence-electron chi connectivity index (χ1n) is 14.2. The van der Waals surface area contributed by atoms with E-state index in [1.165, 1.54) is 12.7 Å². The standard InChI is InChI=1S/C32H45NO4/c1-27(2)11-13-32(26(36)37-8)14-12-31(7)24(20(32)17-27)21(34)15-23-29(5)16-19(18-33)25(35)28(3,4)22(29)9-10-30(23,31)6/h15-16,20-22,24,34H,9-14,17H2,1-8H3. The second-order valence-electron chi connectivity index (χ2n) is 15.1. The van der Waals surface area contributed by atoms with Crippen molar-refractivity contribution in [2.75, 3.05) is 7.11 Å². The van der Waals surface area contributed by atoms with Crippen molar-refractivity contribution in [1.29, 1.82) is 5.26 Å². The van der Waals surface area contributed by atoms with Crippen molar-refractivity contribution in [3.63, 3.8) is 0 Å². The van der Waals surface area contributed by atoms with Crippen LogP contribution in [0.4, 0.5) is 0 Å². The lowest BCUT2D eigenvalue weighted by atomic mass is 9.34. The minimum absolute atomic E-state index is 0.0483. The number of fused-ring (bicyclic) bond motifs is 7. The molecule has 3 fully saturated rings. The van der Waals surface area contributed by atoms with Gasteiger partial charge in [-0.2, -0.15) is 5.26 Å². The monoisotopic (exact) mass is 507 g/mol. The molecule has 5 aliphatic carbocycles. The number of Topliss-reactive ketones (excluding diaryl/α,β-unsaturated/α-hetero) is 1. The van der Waals surface area contributed by atoms with Gasteiger partial charge in [0.15, 0.2) is 5.78 Å². The third kappa shape index (κ3) is 3.17. The van der Waals surface area contributed by atoms with E-state index in [9.17, 15) is 20.0 Å². The van der Waals surface area contributed by atoms with E-state index in [-0.39, 0.29) is 51.3 Å². The van der Waals surface area contributed by atoms with Crippen LogP contribution in [-0.4, -0.2) is 30.1 Å². The summed E-state index contributed by atoms with van der Waals surface area (Å²) in [6.45, 7) is 15.5. The van der Waals surface area contributed by atoms with Crippen LogP contribution in [0, 0.1) is 61.6 Å². The Morgan fingerprint density at radius 1 is 1.05 bits per heavy atom. The molecular weight excluding hydrogens is 462 g/mol. The average molecular weight is 508 g/mol. The first kappa shape index (κ1) is 26.7. The number of nitrogens with zero attached hydrogens (tertiary/aromatic N) is 1. The molecule has 5 rings (SSSR count). The van der Waals surface area contributed by atoms with Crippen LogP contribution in [0.15, 0.2) is 23.3 Å². The molecule has 0 heterocycles. The summed E-state index contributed by atoms with van der Waals surface area (Å²) < 4.78 is 5.44. The van der Waals surface area contributed by atoms with Gasteiger partial charge in [-0.25, -0.2) is 0 Å². The summed E-state index contributed by atoms with van der Waals surface area (Å²) in [7, 11) is 1.51. The van der Waals surface area contributed by atoms with E-state index in [4.69, 9.17) is 4.74 Å². The van der Waals surface area contributed by atoms with E-state index < -0.39 is 22.3 Å². The van der Waals surface area contributed by atoms with Crippen LogP contribution < -0.4 is 0 Å². The molecule has 5 nitrogen and oxygen atoms in total. The molecule has 8 atom stereocenters. The Morgan fingerprint density at radius 2 is 1.70 bits per heavy atom. The highest BCUT2D eigenvalue weighted by Gasteiger charge is 2.70. The second-order valence-corrected chi connectivity index (χ2v) is 15.1. The fourth-order valence-corrected chi connectivity index (χ4v) is 10.5. The number of ketones is 1. The van der Waals surface area contributed by atoms with Crippen molar-refractivity contribution >= 4 is 11.8 Å². The summed E-state index contributed by atoms with van der Waals surface area (Å²) in [6.07, 6.45) is 9.50. The molecule has 0 aromatic heterocycles. The minimum Gasteiger partial charge on any atom is -0.469 e. The molecule has 0 aliphatic heterocycles. The number of methoxy groups -OCH3 is 1. The fraction of sp³-hybridized carbons (Fsp3) is 0.781. The summed E-state index contributed by atoms with van der Waals surface area (Å²) in [5, 5.41) is 21.9. The third-order valence-corrected chi connectivity index (χ3v) is 12.6. The van der Waals surface area contributed by atoms with Gasteiger partial charge in [0.05, 0.1) is 24.2 Å². The largest absolute Gasteiger partial charge is 0.469 e. The lowest BCUT2D eigenvalue weighted by Crippen LogP contribution is -2.66. The fourth-order valence-electron chi connectivity index (χ4n) is 10.5. The highest BCUT2D eigenvalue weighted by Crippen LogP contribution is 2.75. The van der Waals surface area contributed by atoms with Crippen molar-refractivity contribution < 1.29 is 19.4 Å². The Hall–Kier alpha value is -1.93. The Labute approximate surface area is 222 Å². The first-order valence-corrected chi connectivity index (χ1v) is 14.2. The molecule has 3 saturated carbocycles. The molecule has 202 valence electrons. The zero-order valence-corrected chi connectivity index (χ0v) is 24.0. The number of aliphatic hydroxyl groups excluding tert-OH is 1. The minimum atomic E-state index is -0.688. The molecular formula is C32H45NO4. The second kappa shape index (κ2) is 7.81. The maximum absolute atomic E-state index is 13.4. The van der Waals surface area contributed by atoms with Crippen molar-refractivity contribution in [3.05, 3.63) is 23.3 Å². The zero-order chi connectivity index (χ0) is 27.4. The highest BCUT2D eigenvalue weighted by molar-refractivity contribution is 6.04. The summed E-state index contributed by atoms with van der Waals surface area (Å²) in [5.74, 6) is -0.0969. The maximum atomic E-state index is 13.4. The number of ether oxygens (including phenoxy) is 1. The quantitative estimate of drug-likeness (QED) is 0.339. The van der Waals surface area contributed by atoms with Crippen LogP contribution in [0.1, 0.15) is 93.4 Å².